The molecule has 0 aromatic rings. The molecule has 1 saturated heterocycles. The van der Waals surface area contributed by atoms with Gasteiger partial charge in [0, 0.05) is 5.92 Å². The van der Waals surface area contributed by atoms with E-state index in [-0.39, 0.29) is 57.1 Å². The lowest BCUT2D eigenvalue weighted by Gasteiger charge is -2.35. The zero-order valence-electron chi connectivity index (χ0n) is 35.0. The molecule has 1 aliphatic heterocycles. The summed E-state index contributed by atoms with van der Waals surface area (Å²) in [5.41, 5.74) is -0.743. The summed E-state index contributed by atoms with van der Waals surface area (Å²) < 4.78 is 11.8. The van der Waals surface area contributed by atoms with Crippen LogP contribution in [0, 0.1) is 5.92 Å². The van der Waals surface area contributed by atoms with Gasteiger partial charge in [-0.15, -0.1) is 0 Å². The number of carbonyl (C=O) groups is 2. The largest absolute Gasteiger partial charge is 1.00 e. The number of likely N-dealkylation sites (tertiary alicyclic amines) is 1. The minimum atomic E-state index is -0.376. The topological polar surface area (TPSA) is 57.0 Å². The Labute approximate surface area is 333 Å². The lowest BCUT2D eigenvalue weighted by molar-refractivity contribution is -0.904. The van der Waals surface area contributed by atoms with E-state index in [9.17, 15) is 9.59 Å². The fourth-order valence-electron chi connectivity index (χ4n) is 6.99. The predicted octanol–water partition coefficient (Wildman–Crippen LogP) is 3.88. The van der Waals surface area contributed by atoms with Gasteiger partial charge in [-0.3, -0.25) is 0 Å². The number of quaternary nitrogens is 2. The van der Waals surface area contributed by atoms with Crippen LogP contribution in [-0.2, 0) is 19.1 Å². The minimum Gasteiger partial charge on any atom is -1.00 e. The van der Waals surface area contributed by atoms with Gasteiger partial charge in [0.25, 0.3) is 0 Å². The molecule has 50 heavy (non-hydrogen) atoms. The van der Waals surface area contributed by atoms with Crippen LogP contribution in [0.25, 0.3) is 0 Å². The van der Waals surface area contributed by atoms with Crippen molar-refractivity contribution < 1.29 is 62.4 Å². The average molecular weight is 843 g/mol. The molecule has 0 spiro atoms. The van der Waals surface area contributed by atoms with E-state index in [1.807, 2.05) is 41.5 Å². The Hall–Kier alpha value is -0.180. The highest BCUT2D eigenvalue weighted by atomic mass is 79.9. The van der Waals surface area contributed by atoms with Gasteiger partial charge < -0.3 is 52.8 Å². The molecule has 0 aromatic heterocycles. The monoisotopic (exact) mass is 840 g/mol. The zero-order chi connectivity index (χ0) is 36.3. The van der Waals surface area contributed by atoms with Crippen LogP contribution in [0.4, 0.5) is 0 Å². The molecule has 0 aliphatic carbocycles. The summed E-state index contributed by atoms with van der Waals surface area (Å²) in [4.78, 5) is 25.3. The molecule has 1 aliphatic rings. The quantitative estimate of drug-likeness (QED) is 0.0913. The molecule has 1 rings (SSSR count). The number of hydrogen-bond donors (Lipinski definition) is 1. The number of esters is 2. The summed E-state index contributed by atoms with van der Waals surface area (Å²) in [6.07, 6.45) is 30.0. The number of hydrogen-bond acceptors (Lipinski definition) is 4. The van der Waals surface area contributed by atoms with Gasteiger partial charge in [-0.2, -0.15) is 0 Å². The molecule has 3 atom stereocenters. The van der Waals surface area contributed by atoms with Crippen molar-refractivity contribution in [2.75, 3.05) is 46.8 Å². The molecular formula is C42H86Br2N2O4. The van der Waals surface area contributed by atoms with Crippen molar-refractivity contribution in [1.29, 1.82) is 0 Å². The molecule has 0 saturated carbocycles. The van der Waals surface area contributed by atoms with E-state index in [2.05, 4.69) is 27.9 Å². The van der Waals surface area contributed by atoms with Gasteiger partial charge in [0.05, 0.1) is 33.7 Å². The maximum absolute atomic E-state index is 12.3. The van der Waals surface area contributed by atoms with E-state index < -0.39 is 0 Å². The fraction of sp³-hybridized carbons (Fsp3) is 0.952. The second kappa shape index (κ2) is 32.3. The fourth-order valence-corrected chi connectivity index (χ4v) is 6.99. The van der Waals surface area contributed by atoms with E-state index in [1.54, 1.807) is 0 Å². The molecule has 1 N–H and O–H groups in total. The Balaban J connectivity index is -0.000000862. The lowest BCUT2D eigenvalue weighted by atomic mass is 9.95. The van der Waals surface area contributed by atoms with Crippen LogP contribution >= 0.6 is 0 Å². The van der Waals surface area contributed by atoms with E-state index in [1.165, 1.54) is 146 Å². The van der Waals surface area contributed by atoms with Crippen LogP contribution in [0.1, 0.15) is 197 Å². The summed E-state index contributed by atoms with van der Waals surface area (Å²) in [5.74, 6) is 0.662. The molecule has 302 valence electrons. The number of rotatable bonds is 24. The van der Waals surface area contributed by atoms with Crippen molar-refractivity contribution in [1.82, 2.24) is 0 Å². The van der Waals surface area contributed by atoms with Gasteiger partial charge in [0.1, 0.15) is 11.2 Å². The van der Waals surface area contributed by atoms with Crippen molar-refractivity contribution in [2.45, 2.75) is 208 Å². The number of carbonyl (C=O) groups excluding carboxylic acids is 2. The third-order valence-electron chi connectivity index (χ3n) is 9.48. The van der Waals surface area contributed by atoms with Crippen molar-refractivity contribution >= 4 is 11.9 Å². The van der Waals surface area contributed by atoms with Crippen LogP contribution in [0.2, 0.25) is 0 Å². The van der Waals surface area contributed by atoms with Crippen molar-refractivity contribution in [3.8, 4) is 0 Å². The molecule has 8 heteroatoms. The Kier molecular flexibility index (Phi) is 35.0. The summed E-state index contributed by atoms with van der Waals surface area (Å²) >= 11 is 0. The van der Waals surface area contributed by atoms with Gasteiger partial charge in [0.15, 0.2) is 13.1 Å². The van der Waals surface area contributed by atoms with Gasteiger partial charge in [-0.1, -0.05) is 117 Å². The third-order valence-corrected chi connectivity index (χ3v) is 9.48. The number of halogens is 2. The summed E-state index contributed by atoms with van der Waals surface area (Å²) in [6, 6.07) is 0. The first-order chi connectivity index (χ1) is 22.6. The maximum Gasteiger partial charge on any atom is 0.362 e. The van der Waals surface area contributed by atoms with Crippen molar-refractivity contribution in [2.24, 2.45) is 5.92 Å². The lowest BCUT2D eigenvalue weighted by Crippen LogP contribution is -3.10. The molecule has 0 bridgehead atoms. The van der Waals surface area contributed by atoms with Crippen LogP contribution in [0.3, 0.4) is 0 Å². The summed E-state index contributed by atoms with van der Waals surface area (Å²) in [7, 11) is 4.34. The molecule has 6 nitrogen and oxygen atoms in total. The second-order valence-electron chi connectivity index (χ2n) is 17.5. The second-order valence-corrected chi connectivity index (χ2v) is 17.5. The first-order valence-corrected chi connectivity index (χ1v) is 20.7. The highest BCUT2D eigenvalue weighted by Crippen LogP contribution is 2.26. The number of likely N-dealkylation sites (N-methyl/N-ethyl adjacent to an activating group) is 2. The van der Waals surface area contributed by atoms with Crippen LogP contribution in [0.15, 0.2) is 0 Å². The Morgan fingerprint density at radius 1 is 0.640 bits per heavy atom. The van der Waals surface area contributed by atoms with E-state index in [0.717, 1.165) is 30.0 Å². The first-order valence-electron chi connectivity index (χ1n) is 20.7. The molecule has 1 fully saturated rings. The predicted molar refractivity (Wildman–Crippen MR) is 206 cm³/mol. The van der Waals surface area contributed by atoms with Gasteiger partial charge in [0.2, 0.25) is 0 Å². The standard InChI is InChI=1S/C23H46NO2.C19H39NO2.2BrH/c1-6-7-8-9-10-11-12-13-16-21-17-14-15-18-24(5,19-21)20-22(25)26-23(2,3)4;1-6-7-8-9-10-11-12-13-14-15-16-20(5)17-18(21)22-19(2,3)4;;/h21H,6-20H2,1-5H3;6-17H2,1-5H3;2*1H/q+1;;;/p-1. The van der Waals surface area contributed by atoms with Crippen molar-refractivity contribution in [3.05, 3.63) is 0 Å². The van der Waals surface area contributed by atoms with Gasteiger partial charge in [-0.25, -0.2) is 9.59 Å². The molecule has 0 aromatic carbocycles. The molecular weight excluding hydrogens is 756 g/mol. The van der Waals surface area contributed by atoms with Crippen LogP contribution in [0.5, 0.6) is 0 Å². The Morgan fingerprint density at radius 2 is 1.06 bits per heavy atom. The van der Waals surface area contributed by atoms with E-state index >= 15 is 0 Å². The number of nitrogens with one attached hydrogen (secondary N) is 1. The molecule has 3 unspecified atom stereocenters. The highest BCUT2D eigenvalue weighted by Gasteiger charge is 2.33. The molecule has 0 radical (unpaired) electrons. The normalized spacial score (nSPS) is 18.4. The van der Waals surface area contributed by atoms with Gasteiger partial charge >= 0.3 is 11.9 Å². The number of unbranched alkanes of at least 4 members (excludes halogenated alkanes) is 16. The van der Waals surface area contributed by atoms with Gasteiger partial charge in [-0.05, 0) is 80.1 Å². The van der Waals surface area contributed by atoms with Crippen LogP contribution in [-0.4, -0.2) is 74.4 Å². The molecule has 1 heterocycles. The maximum atomic E-state index is 12.3. The van der Waals surface area contributed by atoms with E-state index in [4.69, 9.17) is 9.47 Å². The van der Waals surface area contributed by atoms with E-state index in [0.29, 0.717) is 13.1 Å². The first kappa shape index (κ1) is 54.2. The SMILES string of the molecule is CCCCCCCCCCC1CCCC[N+](C)(CC(=O)OC(C)(C)C)C1.CCCCCCCCCCCC[NH+](C)CC(=O)OC(C)(C)C.[Br-].[Br-]. The molecule has 0 amide bonds. The minimum absolute atomic E-state index is 0. The van der Waals surface area contributed by atoms with Crippen molar-refractivity contribution in [3.63, 3.8) is 0 Å². The number of nitrogens with zero attached hydrogens (tertiary/aromatic N) is 1. The Morgan fingerprint density at radius 3 is 1.52 bits per heavy atom. The third kappa shape index (κ3) is 36.2. The van der Waals surface area contributed by atoms with Crippen LogP contribution < -0.4 is 38.9 Å². The zero-order valence-corrected chi connectivity index (χ0v) is 38.2. The summed E-state index contributed by atoms with van der Waals surface area (Å²) in [5, 5.41) is 0. The average Bonchev–Trinajstić information content (AvgIpc) is 3.14. The highest BCUT2D eigenvalue weighted by molar-refractivity contribution is 5.71. The number of ether oxygens (including phenoxy) is 2. The smallest absolute Gasteiger partial charge is 0.362 e. The Bertz CT molecular complexity index is 800. The summed E-state index contributed by atoms with van der Waals surface area (Å²) in [6.45, 7) is 20.5.